The van der Waals surface area contributed by atoms with Crippen LogP contribution in [0.1, 0.15) is 5.56 Å². The Hall–Kier alpha value is -2.31. The van der Waals surface area contributed by atoms with E-state index in [-0.39, 0.29) is 10.9 Å². The van der Waals surface area contributed by atoms with Gasteiger partial charge in [-0.05, 0) is 12.1 Å². The first-order valence-electron chi connectivity index (χ1n) is 5.61. The molecular formula is C13H10F3NO3. The van der Waals surface area contributed by atoms with E-state index in [9.17, 15) is 22.8 Å². The summed E-state index contributed by atoms with van der Waals surface area (Å²) in [5.41, 5.74) is -1.82. The van der Waals surface area contributed by atoms with Crippen LogP contribution < -0.4 is 5.43 Å². The summed E-state index contributed by atoms with van der Waals surface area (Å²) in [6.07, 6.45) is -3.47. The number of carbonyl (C=O) groups excluding carboxylic acids is 1. The van der Waals surface area contributed by atoms with E-state index in [1.165, 1.54) is 6.07 Å². The van der Waals surface area contributed by atoms with E-state index < -0.39 is 29.7 Å². The van der Waals surface area contributed by atoms with Crippen molar-refractivity contribution in [2.45, 2.75) is 12.7 Å². The second-order valence-corrected chi connectivity index (χ2v) is 4.08. The van der Waals surface area contributed by atoms with Gasteiger partial charge in [0, 0.05) is 17.6 Å². The first kappa shape index (κ1) is 14.1. The Labute approximate surface area is 111 Å². The minimum absolute atomic E-state index is 0.0915. The zero-order valence-electron chi connectivity index (χ0n) is 10.4. The number of nitrogens with zero attached hydrogens (tertiary/aromatic N) is 1. The molecule has 0 saturated carbocycles. The zero-order valence-corrected chi connectivity index (χ0v) is 10.4. The molecule has 0 fully saturated rings. The fourth-order valence-corrected chi connectivity index (χ4v) is 1.94. The van der Waals surface area contributed by atoms with Gasteiger partial charge < -0.3 is 9.30 Å². The van der Waals surface area contributed by atoms with Crippen molar-refractivity contribution >= 4 is 16.9 Å². The molecule has 7 heteroatoms. The smallest absolute Gasteiger partial charge is 0.418 e. The molecule has 1 aromatic carbocycles. The van der Waals surface area contributed by atoms with Gasteiger partial charge in [-0.3, -0.25) is 9.59 Å². The standard InChI is InChI=1S/C13H10F3NO3/c1-20-11(19)7-17-6-5-10(18)8-3-2-4-9(12(8)17)13(14,15)16/h2-6H,7H2,1H3. The zero-order chi connectivity index (χ0) is 14.9. The third-order valence-corrected chi connectivity index (χ3v) is 2.83. The van der Waals surface area contributed by atoms with Crippen LogP contribution in [0.4, 0.5) is 13.2 Å². The molecule has 0 atom stereocenters. The van der Waals surface area contributed by atoms with Crippen molar-refractivity contribution < 1.29 is 22.7 Å². The molecular weight excluding hydrogens is 275 g/mol. The highest BCUT2D eigenvalue weighted by Crippen LogP contribution is 2.33. The number of hydrogen-bond donors (Lipinski definition) is 0. The number of aromatic nitrogens is 1. The number of fused-ring (bicyclic) bond motifs is 1. The average Bonchev–Trinajstić information content (AvgIpc) is 2.40. The highest BCUT2D eigenvalue weighted by molar-refractivity contribution is 5.84. The van der Waals surface area contributed by atoms with Gasteiger partial charge in [-0.1, -0.05) is 6.07 Å². The molecule has 0 spiro atoms. The fraction of sp³-hybridized carbons (Fsp3) is 0.231. The molecule has 0 aliphatic heterocycles. The predicted molar refractivity (Wildman–Crippen MR) is 65.2 cm³/mol. The van der Waals surface area contributed by atoms with Crippen LogP contribution in [0.15, 0.2) is 35.3 Å². The van der Waals surface area contributed by atoms with Crippen LogP contribution in [0.5, 0.6) is 0 Å². The van der Waals surface area contributed by atoms with Crippen LogP contribution >= 0.6 is 0 Å². The summed E-state index contributed by atoms with van der Waals surface area (Å²) in [5.74, 6) is -0.702. The molecule has 0 saturated heterocycles. The Morgan fingerprint density at radius 3 is 2.60 bits per heavy atom. The predicted octanol–water partition coefficient (Wildman–Crippen LogP) is 2.19. The molecule has 0 bridgehead atoms. The van der Waals surface area contributed by atoms with Gasteiger partial charge >= 0.3 is 12.1 Å². The lowest BCUT2D eigenvalue weighted by molar-refractivity contribution is -0.142. The second kappa shape index (κ2) is 4.99. The van der Waals surface area contributed by atoms with E-state index in [0.717, 1.165) is 36.1 Å². The van der Waals surface area contributed by atoms with Crippen molar-refractivity contribution in [1.29, 1.82) is 0 Å². The molecule has 0 aliphatic carbocycles. The van der Waals surface area contributed by atoms with Crippen molar-refractivity contribution in [3.8, 4) is 0 Å². The van der Waals surface area contributed by atoms with E-state index >= 15 is 0 Å². The van der Waals surface area contributed by atoms with Crippen LogP contribution in [0.25, 0.3) is 10.9 Å². The van der Waals surface area contributed by atoms with E-state index in [0.29, 0.717) is 0 Å². The van der Waals surface area contributed by atoms with Gasteiger partial charge in [0.05, 0.1) is 18.2 Å². The number of methoxy groups -OCH3 is 1. The quantitative estimate of drug-likeness (QED) is 0.795. The lowest BCUT2D eigenvalue weighted by Crippen LogP contribution is -2.18. The van der Waals surface area contributed by atoms with E-state index in [1.807, 2.05) is 0 Å². The monoisotopic (exact) mass is 285 g/mol. The number of benzene rings is 1. The number of alkyl halides is 3. The molecule has 0 unspecified atom stereocenters. The molecule has 2 aromatic rings. The molecule has 20 heavy (non-hydrogen) atoms. The molecule has 2 rings (SSSR count). The summed E-state index contributed by atoms with van der Waals surface area (Å²) >= 11 is 0. The highest BCUT2D eigenvalue weighted by Gasteiger charge is 2.33. The van der Waals surface area contributed by atoms with Crippen LogP contribution in [0.2, 0.25) is 0 Å². The average molecular weight is 285 g/mol. The van der Waals surface area contributed by atoms with Crippen molar-refractivity contribution in [1.82, 2.24) is 4.57 Å². The largest absolute Gasteiger partial charge is 0.468 e. The van der Waals surface area contributed by atoms with Crippen LogP contribution in [0.3, 0.4) is 0 Å². The van der Waals surface area contributed by atoms with Crippen LogP contribution in [-0.4, -0.2) is 17.6 Å². The Kier molecular flexibility index (Phi) is 3.52. The maximum Gasteiger partial charge on any atom is 0.418 e. The molecule has 4 nitrogen and oxygen atoms in total. The summed E-state index contributed by atoms with van der Waals surface area (Å²) in [4.78, 5) is 22.9. The summed E-state index contributed by atoms with van der Waals surface area (Å²) in [7, 11) is 1.14. The van der Waals surface area contributed by atoms with E-state index in [2.05, 4.69) is 4.74 Å². The van der Waals surface area contributed by atoms with Gasteiger partial charge in [0.25, 0.3) is 0 Å². The number of esters is 1. The molecule has 106 valence electrons. The second-order valence-electron chi connectivity index (χ2n) is 4.08. The molecule has 1 aromatic heterocycles. The number of rotatable bonds is 2. The highest BCUT2D eigenvalue weighted by atomic mass is 19.4. The first-order chi connectivity index (χ1) is 9.34. The Morgan fingerprint density at radius 1 is 1.30 bits per heavy atom. The van der Waals surface area contributed by atoms with Gasteiger partial charge in [-0.15, -0.1) is 0 Å². The third kappa shape index (κ3) is 2.52. The molecule has 1 heterocycles. The minimum atomic E-state index is -4.62. The van der Waals surface area contributed by atoms with Crippen molar-refractivity contribution in [2.75, 3.05) is 7.11 Å². The van der Waals surface area contributed by atoms with Crippen molar-refractivity contribution in [3.05, 3.63) is 46.2 Å². The Morgan fingerprint density at radius 2 is 2.00 bits per heavy atom. The Balaban J connectivity index is 2.79. The lowest BCUT2D eigenvalue weighted by Gasteiger charge is -2.15. The maximum atomic E-state index is 13.0. The van der Waals surface area contributed by atoms with Gasteiger partial charge in [0.15, 0.2) is 5.43 Å². The van der Waals surface area contributed by atoms with E-state index in [4.69, 9.17) is 0 Å². The third-order valence-electron chi connectivity index (χ3n) is 2.83. The summed E-state index contributed by atoms with van der Waals surface area (Å²) in [6, 6.07) is 4.44. The maximum absolute atomic E-state index is 13.0. The minimum Gasteiger partial charge on any atom is -0.468 e. The number of para-hydroxylation sites is 1. The van der Waals surface area contributed by atoms with Crippen molar-refractivity contribution in [3.63, 3.8) is 0 Å². The molecule has 0 N–H and O–H groups in total. The van der Waals surface area contributed by atoms with Gasteiger partial charge in [-0.25, -0.2) is 0 Å². The van der Waals surface area contributed by atoms with E-state index in [1.54, 1.807) is 0 Å². The topological polar surface area (TPSA) is 48.3 Å². The number of halogens is 3. The number of ether oxygens (including phenoxy) is 1. The number of hydrogen-bond acceptors (Lipinski definition) is 3. The number of pyridine rings is 1. The summed E-state index contributed by atoms with van der Waals surface area (Å²) in [5, 5.41) is -0.0915. The lowest BCUT2D eigenvalue weighted by atomic mass is 10.1. The summed E-state index contributed by atoms with van der Waals surface area (Å²) < 4.78 is 44.6. The van der Waals surface area contributed by atoms with Crippen molar-refractivity contribution in [2.24, 2.45) is 0 Å². The van der Waals surface area contributed by atoms with Gasteiger partial charge in [-0.2, -0.15) is 13.2 Å². The van der Waals surface area contributed by atoms with Gasteiger partial charge in [0.1, 0.15) is 6.54 Å². The van der Waals surface area contributed by atoms with Gasteiger partial charge in [0.2, 0.25) is 0 Å². The Bertz CT molecular complexity index is 719. The normalized spacial score (nSPS) is 11.6. The molecule has 0 radical (unpaired) electrons. The molecule has 0 amide bonds. The van der Waals surface area contributed by atoms with Crippen LogP contribution in [0, 0.1) is 0 Å². The SMILES string of the molecule is COC(=O)Cn1ccc(=O)c2cccc(C(F)(F)F)c21. The fourth-order valence-electron chi connectivity index (χ4n) is 1.94. The van der Waals surface area contributed by atoms with Crippen LogP contribution in [-0.2, 0) is 22.3 Å². The molecule has 0 aliphatic rings. The summed E-state index contributed by atoms with van der Waals surface area (Å²) in [6.45, 7) is -0.402. The number of carbonyl (C=O) groups is 1. The first-order valence-corrected chi connectivity index (χ1v) is 5.61.